The molecule has 5 rings (SSSR count). The zero-order valence-electron chi connectivity index (χ0n) is 13.6. The normalized spacial score (nSPS) is 17.3. The van der Waals surface area contributed by atoms with Crippen LogP contribution in [0, 0.1) is 0 Å². The summed E-state index contributed by atoms with van der Waals surface area (Å²) in [5.74, 6) is 0.863. The average molecular weight is 386 g/mol. The monoisotopic (exact) mass is 386 g/mol. The summed E-state index contributed by atoms with van der Waals surface area (Å²) in [6, 6.07) is 7.79. The number of thiophene rings is 1. The van der Waals surface area contributed by atoms with Gasteiger partial charge >= 0.3 is 0 Å². The van der Waals surface area contributed by atoms with E-state index in [1.54, 1.807) is 11.3 Å². The summed E-state index contributed by atoms with van der Waals surface area (Å²) in [6.45, 7) is 1.55. The Morgan fingerprint density at radius 2 is 2.23 bits per heavy atom. The molecule has 4 aromatic heterocycles. The van der Waals surface area contributed by atoms with Gasteiger partial charge in [-0.3, -0.25) is 4.57 Å². The van der Waals surface area contributed by atoms with Crippen molar-refractivity contribution in [2.45, 2.75) is 35.7 Å². The van der Waals surface area contributed by atoms with Crippen LogP contribution in [0.1, 0.15) is 12.8 Å². The quantitative estimate of drug-likeness (QED) is 0.515. The van der Waals surface area contributed by atoms with Crippen molar-refractivity contribution in [2.24, 2.45) is 0 Å². The highest BCUT2D eigenvalue weighted by atomic mass is 32.2. The molecular formula is C15H14N8OS2. The van der Waals surface area contributed by atoms with Crippen LogP contribution < -0.4 is 0 Å². The molecule has 1 atom stereocenters. The SMILES string of the molecule is c1csc(-c2nnc(Sc3ccc4nnnn4n3)n2C[C@@H]2CCCO2)c1. The minimum absolute atomic E-state index is 0.194. The molecule has 0 saturated carbocycles. The van der Waals surface area contributed by atoms with Crippen LogP contribution in [-0.2, 0) is 11.3 Å². The molecule has 9 nitrogen and oxygen atoms in total. The highest BCUT2D eigenvalue weighted by Crippen LogP contribution is 2.31. The van der Waals surface area contributed by atoms with Crippen LogP contribution in [0.15, 0.2) is 39.8 Å². The van der Waals surface area contributed by atoms with Crippen molar-refractivity contribution in [1.82, 2.24) is 40.0 Å². The summed E-state index contributed by atoms with van der Waals surface area (Å²) in [5, 5.41) is 28.1. The molecule has 132 valence electrons. The number of hydrogen-bond acceptors (Lipinski definition) is 9. The van der Waals surface area contributed by atoms with Crippen molar-refractivity contribution in [3.05, 3.63) is 29.6 Å². The topological polar surface area (TPSA) is 95.9 Å². The number of tetrazole rings is 1. The predicted octanol–water partition coefficient (Wildman–Crippen LogP) is 2.17. The van der Waals surface area contributed by atoms with Crippen LogP contribution in [0.4, 0.5) is 0 Å². The number of aromatic nitrogens is 8. The first-order valence-corrected chi connectivity index (χ1v) is 9.88. The number of fused-ring (bicyclic) bond motifs is 1. The molecule has 1 aliphatic rings. The second-order valence-corrected chi connectivity index (χ2v) is 7.76. The Labute approximate surface area is 156 Å². The molecule has 1 fully saturated rings. The zero-order chi connectivity index (χ0) is 17.3. The standard InChI is InChI=1S/C15H14N8OS2/c1-3-10(24-7-1)9-22-14(11-4-2-8-25-11)17-18-15(22)26-13-6-5-12-16-20-21-23(12)19-13/h2,4-6,8,10H,1,3,7,9H2/t10-/m0/s1. The van der Waals surface area contributed by atoms with E-state index in [9.17, 15) is 0 Å². The largest absolute Gasteiger partial charge is 0.376 e. The molecule has 0 aromatic carbocycles. The Hall–Kier alpha value is -2.37. The Morgan fingerprint density at radius 3 is 3.08 bits per heavy atom. The van der Waals surface area contributed by atoms with E-state index >= 15 is 0 Å². The van der Waals surface area contributed by atoms with Crippen molar-refractivity contribution in [3.8, 4) is 10.7 Å². The first-order chi connectivity index (χ1) is 12.9. The van der Waals surface area contributed by atoms with Gasteiger partial charge < -0.3 is 4.74 Å². The van der Waals surface area contributed by atoms with E-state index in [4.69, 9.17) is 4.74 Å². The fraction of sp³-hybridized carbons (Fsp3) is 0.333. The van der Waals surface area contributed by atoms with Crippen molar-refractivity contribution in [2.75, 3.05) is 6.61 Å². The lowest BCUT2D eigenvalue weighted by atomic mass is 10.2. The maximum Gasteiger partial charge on any atom is 0.200 e. The van der Waals surface area contributed by atoms with Gasteiger partial charge in [-0.1, -0.05) is 6.07 Å². The summed E-state index contributed by atoms with van der Waals surface area (Å²) in [7, 11) is 0. The molecular weight excluding hydrogens is 372 g/mol. The average Bonchev–Trinajstić information content (AvgIpc) is 3.44. The predicted molar refractivity (Wildman–Crippen MR) is 95.0 cm³/mol. The number of rotatable bonds is 5. The van der Waals surface area contributed by atoms with E-state index in [1.165, 1.54) is 16.4 Å². The zero-order valence-corrected chi connectivity index (χ0v) is 15.2. The second-order valence-electron chi connectivity index (χ2n) is 5.83. The van der Waals surface area contributed by atoms with Gasteiger partial charge in [-0.2, -0.15) is 0 Å². The fourth-order valence-electron chi connectivity index (χ4n) is 2.89. The molecule has 0 unspecified atom stereocenters. The number of nitrogens with zero attached hydrogens (tertiary/aromatic N) is 8. The van der Waals surface area contributed by atoms with Gasteiger partial charge in [0.25, 0.3) is 0 Å². The Kier molecular flexibility index (Phi) is 4.11. The van der Waals surface area contributed by atoms with Crippen molar-refractivity contribution < 1.29 is 4.74 Å². The molecule has 0 bridgehead atoms. The number of ether oxygens (including phenoxy) is 1. The van der Waals surface area contributed by atoms with Crippen LogP contribution >= 0.6 is 23.1 Å². The molecule has 1 aliphatic heterocycles. The Bertz CT molecular complexity index is 1020. The lowest BCUT2D eigenvalue weighted by Gasteiger charge is -2.13. The lowest BCUT2D eigenvalue weighted by molar-refractivity contribution is 0.0953. The van der Waals surface area contributed by atoms with Gasteiger partial charge in [0, 0.05) is 6.61 Å². The van der Waals surface area contributed by atoms with Gasteiger partial charge in [-0.05, 0) is 58.6 Å². The van der Waals surface area contributed by atoms with Crippen LogP contribution in [0.3, 0.4) is 0 Å². The molecule has 0 spiro atoms. The van der Waals surface area contributed by atoms with E-state index < -0.39 is 0 Å². The second kappa shape index (κ2) is 6.74. The fourth-order valence-corrected chi connectivity index (χ4v) is 4.40. The van der Waals surface area contributed by atoms with Gasteiger partial charge in [0.05, 0.1) is 17.5 Å². The van der Waals surface area contributed by atoms with E-state index in [2.05, 4.69) is 41.5 Å². The maximum absolute atomic E-state index is 5.82. The smallest absolute Gasteiger partial charge is 0.200 e. The highest BCUT2D eigenvalue weighted by Gasteiger charge is 2.22. The van der Waals surface area contributed by atoms with E-state index in [0.717, 1.165) is 46.9 Å². The summed E-state index contributed by atoms with van der Waals surface area (Å²) < 4.78 is 9.35. The first-order valence-electron chi connectivity index (χ1n) is 8.19. The number of hydrogen-bond donors (Lipinski definition) is 0. The van der Waals surface area contributed by atoms with Gasteiger partial charge in [0.1, 0.15) is 5.03 Å². The highest BCUT2D eigenvalue weighted by molar-refractivity contribution is 7.99. The molecule has 1 saturated heterocycles. The van der Waals surface area contributed by atoms with Crippen molar-refractivity contribution in [3.63, 3.8) is 0 Å². The summed E-state index contributed by atoms with van der Waals surface area (Å²) in [6.07, 6.45) is 2.35. The van der Waals surface area contributed by atoms with Crippen molar-refractivity contribution in [1.29, 1.82) is 0 Å². The van der Waals surface area contributed by atoms with Crippen LogP contribution in [0.2, 0.25) is 0 Å². The molecule has 0 amide bonds. The maximum atomic E-state index is 5.82. The Morgan fingerprint density at radius 1 is 1.23 bits per heavy atom. The van der Waals surface area contributed by atoms with Gasteiger partial charge in [0.15, 0.2) is 16.6 Å². The van der Waals surface area contributed by atoms with Gasteiger partial charge in [0.2, 0.25) is 0 Å². The molecule has 0 radical (unpaired) electrons. The van der Waals surface area contributed by atoms with E-state index in [1.807, 2.05) is 23.6 Å². The molecule has 11 heteroatoms. The summed E-state index contributed by atoms with van der Waals surface area (Å²) in [5.41, 5.74) is 0.606. The van der Waals surface area contributed by atoms with E-state index in [0.29, 0.717) is 5.65 Å². The molecule has 5 heterocycles. The molecule has 0 N–H and O–H groups in total. The van der Waals surface area contributed by atoms with Crippen LogP contribution in [-0.4, -0.2) is 52.7 Å². The van der Waals surface area contributed by atoms with E-state index in [-0.39, 0.29) is 6.10 Å². The third-order valence-corrected chi connectivity index (χ3v) is 5.89. The minimum atomic E-state index is 0.194. The summed E-state index contributed by atoms with van der Waals surface area (Å²) in [4.78, 5) is 1.09. The Balaban J connectivity index is 1.50. The van der Waals surface area contributed by atoms with Crippen molar-refractivity contribution >= 4 is 28.7 Å². The van der Waals surface area contributed by atoms with Gasteiger partial charge in [-0.25, -0.2) is 0 Å². The summed E-state index contributed by atoms with van der Waals surface area (Å²) >= 11 is 3.10. The first kappa shape index (κ1) is 15.9. The van der Waals surface area contributed by atoms with Crippen LogP contribution in [0.25, 0.3) is 16.3 Å². The third kappa shape index (κ3) is 2.97. The van der Waals surface area contributed by atoms with Crippen LogP contribution in [0.5, 0.6) is 0 Å². The lowest BCUT2D eigenvalue weighted by Crippen LogP contribution is -2.16. The molecule has 4 aromatic rings. The van der Waals surface area contributed by atoms with Gasteiger partial charge in [-0.15, -0.1) is 36.4 Å². The third-order valence-electron chi connectivity index (χ3n) is 4.11. The molecule has 0 aliphatic carbocycles. The molecule has 26 heavy (non-hydrogen) atoms. The minimum Gasteiger partial charge on any atom is -0.376 e.